The van der Waals surface area contributed by atoms with Crippen molar-refractivity contribution in [2.75, 3.05) is 24.3 Å². The molecule has 0 amide bonds. The highest BCUT2D eigenvalue weighted by Crippen LogP contribution is 2.36. The van der Waals surface area contributed by atoms with Crippen LogP contribution in [0.1, 0.15) is 12.8 Å². The van der Waals surface area contributed by atoms with Crippen molar-refractivity contribution in [1.82, 2.24) is 0 Å². The van der Waals surface area contributed by atoms with E-state index in [-0.39, 0.29) is 5.54 Å². The van der Waals surface area contributed by atoms with E-state index in [9.17, 15) is 0 Å². The Balaban J connectivity index is 1.74. The molecule has 1 N–H and O–H groups in total. The van der Waals surface area contributed by atoms with Gasteiger partial charge in [-0.15, -0.1) is 0 Å². The summed E-state index contributed by atoms with van der Waals surface area (Å²) in [6, 6.07) is 8.13. The van der Waals surface area contributed by atoms with Crippen LogP contribution in [0.2, 0.25) is 0 Å². The third kappa shape index (κ3) is 2.58. The molecule has 2 aliphatic rings. The van der Waals surface area contributed by atoms with E-state index in [0.29, 0.717) is 0 Å². The van der Waals surface area contributed by atoms with Gasteiger partial charge < -0.3 is 10.1 Å². The molecular formula is C13H15BrN2OS. The van der Waals surface area contributed by atoms with Crippen LogP contribution in [0.3, 0.4) is 0 Å². The largest absolute Gasteiger partial charge is 0.381 e. The summed E-state index contributed by atoms with van der Waals surface area (Å²) in [7, 11) is 0. The number of hydrogen-bond acceptors (Lipinski definition) is 4. The Kier molecular flexibility index (Phi) is 3.63. The van der Waals surface area contributed by atoms with Gasteiger partial charge in [-0.1, -0.05) is 23.9 Å². The molecular weight excluding hydrogens is 312 g/mol. The summed E-state index contributed by atoms with van der Waals surface area (Å²) in [4.78, 5) is 4.88. The van der Waals surface area contributed by atoms with Gasteiger partial charge in [0.05, 0.1) is 11.2 Å². The predicted molar refractivity (Wildman–Crippen MR) is 80.4 cm³/mol. The number of anilines is 1. The number of rotatable bonds is 1. The molecule has 0 atom stereocenters. The number of hydrogen-bond donors (Lipinski definition) is 1. The molecule has 1 saturated heterocycles. The van der Waals surface area contributed by atoms with Crippen molar-refractivity contribution < 1.29 is 4.74 Å². The number of aliphatic imine (C=N–C) groups is 1. The molecule has 2 heterocycles. The van der Waals surface area contributed by atoms with E-state index in [1.807, 2.05) is 30.0 Å². The first-order chi connectivity index (χ1) is 8.77. The normalized spacial score (nSPS) is 21.9. The maximum absolute atomic E-state index is 5.42. The summed E-state index contributed by atoms with van der Waals surface area (Å²) < 4.78 is 6.49. The summed E-state index contributed by atoms with van der Waals surface area (Å²) in [5.41, 5.74) is 1.19. The second kappa shape index (κ2) is 5.23. The van der Waals surface area contributed by atoms with Gasteiger partial charge in [0.25, 0.3) is 0 Å². The molecule has 18 heavy (non-hydrogen) atoms. The Morgan fingerprint density at radius 1 is 1.28 bits per heavy atom. The SMILES string of the molecule is Brc1ccccc1NC1=NC2(CCOCC2)CS1. The van der Waals surface area contributed by atoms with E-state index in [4.69, 9.17) is 9.73 Å². The Morgan fingerprint density at radius 3 is 2.83 bits per heavy atom. The number of thioether (sulfide) groups is 1. The lowest BCUT2D eigenvalue weighted by Gasteiger charge is -2.29. The van der Waals surface area contributed by atoms with Crippen molar-refractivity contribution in [2.24, 2.45) is 4.99 Å². The highest BCUT2D eigenvalue weighted by Gasteiger charge is 2.37. The zero-order chi connectivity index (χ0) is 12.4. The molecule has 96 valence electrons. The first-order valence-electron chi connectivity index (χ1n) is 6.09. The Hall–Kier alpha value is -0.520. The topological polar surface area (TPSA) is 33.6 Å². The second-order valence-corrected chi connectivity index (χ2v) is 6.47. The van der Waals surface area contributed by atoms with E-state index in [0.717, 1.165) is 47.1 Å². The average Bonchev–Trinajstić information content (AvgIpc) is 2.76. The van der Waals surface area contributed by atoms with Crippen LogP contribution in [0, 0.1) is 0 Å². The van der Waals surface area contributed by atoms with Crippen molar-refractivity contribution in [3.05, 3.63) is 28.7 Å². The molecule has 0 radical (unpaired) electrons. The van der Waals surface area contributed by atoms with Gasteiger partial charge in [0, 0.05) is 23.4 Å². The van der Waals surface area contributed by atoms with Crippen molar-refractivity contribution in [3.8, 4) is 0 Å². The summed E-state index contributed by atoms with van der Waals surface area (Å²) >= 11 is 5.36. The third-order valence-corrected chi connectivity index (χ3v) is 5.20. The molecule has 1 aromatic carbocycles. The summed E-state index contributed by atoms with van der Waals surface area (Å²) in [5, 5.41) is 4.44. The number of benzene rings is 1. The molecule has 0 bridgehead atoms. The zero-order valence-corrected chi connectivity index (χ0v) is 12.4. The summed E-state index contributed by atoms with van der Waals surface area (Å²) in [5.74, 6) is 1.07. The van der Waals surface area contributed by atoms with Crippen molar-refractivity contribution in [1.29, 1.82) is 0 Å². The Bertz CT molecular complexity index is 472. The quantitative estimate of drug-likeness (QED) is 0.857. The lowest BCUT2D eigenvalue weighted by Crippen LogP contribution is -2.34. The van der Waals surface area contributed by atoms with Gasteiger partial charge in [0.15, 0.2) is 5.17 Å². The molecule has 0 aromatic heterocycles. The Morgan fingerprint density at radius 2 is 2.06 bits per heavy atom. The molecule has 3 nitrogen and oxygen atoms in total. The van der Waals surface area contributed by atoms with E-state index in [2.05, 4.69) is 27.3 Å². The van der Waals surface area contributed by atoms with Crippen LogP contribution in [-0.2, 0) is 4.74 Å². The van der Waals surface area contributed by atoms with Gasteiger partial charge >= 0.3 is 0 Å². The van der Waals surface area contributed by atoms with E-state index in [1.54, 1.807) is 0 Å². The number of halogens is 1. The maximum atomic E-state index is 5.42. The minimum atomic E-state index is 0.118. The highest BCUT2D eigenvalue weighted by molar-refractivity contribution is 9.10. The van der Waals surface area contributed by atoms with Crippen molar-refractivity contribution in [2.45, 2.75) is 18.4 Å². The van der Waals surface area contributed by atoms with Gasteiger partial charge in [0.2, 0.25) is 0 Å². The number of nitrogens with one attached hydrogen (secondary N) is 1. The molecule has 5 heteroatoms. The van der Waals surface area contributed by atoms with Crippen LogP contribution < -0.4 is 5.32 Å². The van der Waals surface area contributed by atoms with Crippen molar-refractivity contribution in [3.63, 3.8) is 0 Å². The number of ether oxygens (including phenoxy) is 1. The lowest BCUT2D eigenvalue weighted by molar-refractivity contribution is 0.0624. The number of amidine groups is 1. The highest BCUT2D eigenvalue weighted by atomic mass is 79.9. The molecule has 0 unspecified atom stereocenters. The molecule has 1 fully saturated rings. The first-order valence-corrected chi connectivity index (χ1v) is 7.87. The Labute approximate surface area is 120 Å². The second-order valence-electron chi connectivity index (χ2n) is 4.65. The van der Waals surface area contributed by atoms with E-state index >= 15 is 0 Å². The molecule has 1 aromatic rings. The molecule has 1 spiro atoms. The summed E-state index contributed by atoms with van der Waals surface area (Å²) in [6.45, 7) is 1.68. The van der Waals surface area contributed by atoms with Crippen LogP contribution in [-0.4, -0.2) is 29.7 Å². The number of para-hydroxylation sites is 1. The van der Waals surface area contributed by atoms with Gasteiger partial charge in [-0.25, -0.2) is 0 Å². The van der Waals surface area contributed by atoms with E-state index < -0.39 is 0 Å². The molecule has 0 saturated carbocycles. The van der Waals surface area contributed by atoms with Gasteiger partial charge in [0.1, 0.15) is 0 Å². The van der Waals surface area contributed by atoms with Gasteiger partial charge in [-0.2, -0.15) is 0 Å². The van der Waals surface area contributed by atoms with Crippen LogP contribution in [0.25, 0.3) is 0 Å². The first kappa shape index (κ1) is 12.5. The van der Waals surface area contributed by atoms with Crippen LogP contribution in [0.15, 0.2) is 33.7 Å². The fourth-order valence-electron chi connectivity index (χ4n) is 2.23. The minimum absolute atomic E-state index is 0.118. The van der Waals surface area contributed by atoms with E-state index in [1.165, 1.54) is 0 Å². The zero-order valence-electron chi connectivity index (χ0n) is 9.99. The van der Waals surface area contributed by atoms with Gasteiger partial charge in [-0.05, 0) is 40.9 Å². The predicted octanol–water partition coefficient (Wildman–Crippen LogP) is 3.51. The minimum Gasteiger partial charge on any atom is -0.381 e. The molecule has 3 rings (SSSR count). The standard InChI is InChI=1S/C13H15BrN2OS/c14-10-3-1-2-4-11(10)15-12-16-13(9-18-12)5-7-17-8-6-13/h1-4H,5-9H2,(H,15,16). The lowest BCUT2D eigenvalue weighted by atomic mass is 9.93. The third-order valence-electron chi connectivity index (χ3n) is 3.36. The van der Waals surface area contributed by atoms with Gasteiger partial charge in [-0.3, -0.25) is 4.99 Å². The molecule has 2 aliphatic heterocycles. The maximum Gasteiger partial charge on any atom is 0.161 e. The molecule has 0 aliphatic carbocycles. The fourth-order valence-corrected chi connectivity index (χ4v) is 3.81. The van der Waals surface area contributed by atoms with Crippen molar-refractivity contribution >= 4 is 38.5 Å². The average molecular weight is 327 g/mol. The monoisotopic (exact) mass is 326 g/mol. The van der Waals surface area contributed by atoms with Crippen LogP contribution >= 0.6 is 27.7 Å². The van der Waals surface area contributed by atoms with Crippen LogP contribution in [0.5, 0.6) is 0 Å². The smallest absolute Gasteiger partial charge is 0.161 e. The summed E-state index contributed by atoms with van der Waals surface area (Å²) in [6.07, 6.45) is 2.09. The van der Waals surface area contributed by atoms with Crippen LogP contribution in [0.4, 0.5) is 5.69 Å². The fraction of sp³-hybridized carbons (Fsp3) is 0.462. The number of nitrogens with zero attached hydrogens (tertiary/aromatic N) is 1.